The van der Waals surface area contributed by atoms with Crippen LogP contribution in [0.5, 0.6) is 0 Å². The Hall–Kier alpha value is -2.11. The normalized spacial score (nSPS) is 9.95. The average Bonchev–Trinajstić information content (AvgIpc) is 2.47. The summed E-state index contributed by atoms with van der Waals surface area (Å²) in [5.41, 5.74) is 2.96. The molecule has 0 aliphatic heterocycles. The first-order chi connectivity index (χ1) is 9.15. The van der Waals surface area contributed by atoms with Gasteiger partial charge in [-0.3, -0.25) is 4.79 Å². The van der Waals surface area contributed by atoms with Crippen LogP contribution in [-0.4, -0.2) is 5.78 Å². The summed E-state index contributed by atoms with van der Waals surface area (Å²) in [4.78, 5) is 11.7. The van der Waals surface area contributed by atoms with Crippen LogP contribution in [0.25, 0.3) is 11.1 Å². The van der Waals surface area contributed by atoms with Crippen LogP contribution < -0.4 is 0 Å². The number of Topliss-reactive ketones (excluding diaryl/α,β-unsaturated/α-hetero) is 1. The SMILES string of the molecule is CCC(=O)c1ccc(Cl)c(-c2ccc(C#N)cc2)c1. The van der Waals surface area contributed by atoms with E-state index in [9.17, 15) is 4.79 Å². The molecule has 0 fully saturated rings. The van der Waals surface area contributed by atoms with Gasteiger partial charge in [-0.2, -0.15) is 5.26 Å². The quantitative estimate of drug-likeness (QED) is 0.771. The predicted octanol–water partition coefficient (Wildman–Crippen LogP) is 4.47. The van der Waals surface area contributed by atoms with Crippen molar-refractivity contribution in [3.8, 4) is 17.2 Å². The lowest BCUT2D eigenvalue weighted by molar-refractivity contribution is 0.0988. The van der Waals surface area contributed by atoms with Crippen molar-refractivity contribution in [3.63, 3.8) is 0 Å². The Kier molecular flexibility index (Phi) is 3.99. The molecule has 0 amide bonds. The second kappa shape index (κ2) is 5.69. The molecular weight excluding hydrogens is 258 g/mol. The fourth-order valence-electron chi connectivity index (χ4n) is 1.85. The van der Waals surface area contributed by atoms with Gasteiger partial charge in [0.25, 0.3) is 0 Å². The topological polar surface area (TPSA) is 40.9 Å². The lowest BCUT2D eigenvalue weighted by atomic mass is 9.99. The number of nitrogens with zero attached hydrogens (tertiary/aromatic N) is 1. The molecule has 94 valence electrons. The van der Waals surface area contributed by atoms with Gasteiger partial charge in [0.05, 0.1) is 11.6 Å². The van der Waals surface area contributed by atoms with Crippen molar-refractivity contribution >= 4 is 17.4 Å². The number of rotatable bonds is 3. The van der Waals surface area contributed by atoms with Gasteiger partial charge in [0.1, 0.15) is 0 Å². The van der Waals surface area contributed by atoms with Crippen LogP contribution in [0.4, 0.5) is 0 Å². The zero-order valence-electron chi connectivity index (χ0n) is 10.5. The number of hydrogen-bond donors (Lipinski definition) is 0. The summed E-state index contributed by atoms with van der Waals surface area (Å²) in [6.45, 7) is 1.83. The van der Waals surface area contributed by atoms with Gasteiger partial charge in [0, 0.05) is 22.6 Å². The summed E-state index contributed by atoms with van der Waals surface area (Å²) in [5.74, 6) is 0.0894. The molecule has 0 aliphatic rings. The summed E-state index contributed by atoms with van der Waals surface area (Å²) in [6.07, 6.45) is 0.467. The minimum Gasteiger partial charge on any atom is -0.294 e. The third kappa shape index (κ3) is 2.83. The molecule has 0 aromatic heterocycles. The average molecular weight is 270 g/mol. The van der Waals surface area contributed by atoms with E-state index < -0.39 is 0 Å². The van der Waals surface area contributed by atoms with Gasteiger partial charge >= 0.3 is 0 Å². The van der Waals surface area contributed by atoms with Crippen LogP contribution in [0.1, 0.15) is 29.3 Å². The monoisotopic (exact) mass is 269 g/mol. The van der Waals surface area contributed by atoms with Gasteiger partial charge in [-0.25, -0.2) is 0 Å². The lowest BCUT2D eigenvalue weighted by Gasteiger charge is -2.07. The molecule has 0 aliphatic carbocycles. The highest BCUT2D eigenvalue weighted by atomic mass is 35.5. The molecule has 19 heavy (non-hydrogen) atoms. The summed E-state index contributed by atoms with van der Waals surface area (Å²) >= 11 is 6.18. The Morgan fingerprint density at radius 3 is 2.47 bits per heavy atom. The molecule has 0 N–H and O–H groups in total. The fourth-order valence-corrected chi connectivity index (χ4v) is 2.08. The molecule has 0 heterocycles. The highest BCUT2D eigenvalue weighted by molar-refractivity contribution is 6.33. The number of carbonyl (C=O) groups is 1. The molecule has 0 saturated heterocycles. The van der Waals surface area contributed by atoms with Crippen LogP contribution in [0, 0.1) is 11.3 Å². The van der Waals surface area contributed by atoms with Gasteiger partial charge in [-0.15, -0.1) is 0 Å². The molecule has 0 saturated carbocycles. The fraction of sp³-hybridized carbons (Fsp3) is 0.125. The number of ketones is 1. The van der Waals surface area contributed by atoms with Crippen molar-refractivity contribution < 1.29 is 4.79 Å². The van der Waals surface area contributed by atoms with Crippen LogP contribution in [0.2, 0.25) is 5.02 Å². The Labute approximate surface area is 117 Å². The molecule has 2 aromatic carbocycles. The summed E-state index contributed by atoms with van der Waals surface area (Å²) in [7, 11) is 0. The van der Waals surface area contributed by atoms with Crippen molar-refractivity contribution in [2.24, 2.45) is 0 Å². The van der Waals surface area contributed by atoms with E-state index in [2.05, 4.69) is 6.07 Å². The van der Waals surface area contributed by atoms with Crippen molar-refractivity contribution in [2.75, 3.05) is 0 Å². The smallest absolute Gasteiger partial charge is 0.162 e. The highest BCUT2D eigenvalue weighted by Crippen LogP contribution is 2.29. The molecule has 2 nitrogen and oxygen atoms in total. The van der Waals surface area contributed by atoms with Crippen LogP contribution in [-0.2, 0) is 0 Å². The Balaban J connectivity index is 2.48. The van der Waals surface area contributed by atoms with Crippen molar-refractivity contribution in [3.05, 3.63) is 58.6 Å². The third-order valence-corrected chi connectivity index (χ3v) is 3.26. The summed E-state index contributed by atoms with van der Waals surface area (Å²) in [6, 6.07) is 14.5. The minimum absolute atomic E-state index is 0.0894. The molecule has 0 atom stereocenters. The predicted molar refractivity (Wildman–Crippen MR) is 76.2 cm³/mol. The standard InChI is InChI=1S/C16H12ClNO/c1-2-16(19)13-7-8-15(17)14(9-13)12-5-3-11(10-18)4-6-12/h3-9H,2H2,1H3. The number of hydrogen-bond acceptors (Lipinski definition) is 2. The van der Waals surface area contributed by atoms with E-state index in [0.29, 0.717) is 22.6 Å². The summed E-state index contributed by atoms with van der Waals surface area (Å²) in [5, 5.41) is 9.38. The first kappa shape index (κ1) is 13.3. The number of carbonyl (C=O) groups excluding carboxylic acids is 1. The first-order valence-corrected chi connectivity index (χ1v) is 6.36. The van der Waals surface area contributed by atoms with E-state index in [1.807, 2.05) is 19.1 Å². The van der Waals surface area contributed by atoms with Crippen LogP contribution in [0.15, 0.2) is 42.5 Å². The van der Waals surface area contributed by atoms with E-state index >= 15 is 0 Å². The molecule has 0 bridgehead atoms. The number of halogens is 1. The van der Waals surface area contributed by atoms with E-state index in [1.165, 1.54) is 0 Å². The molecule has 3 heteroatoms. The number of nitriles is 1. The van der Waals surface area contributed by atoms with Gasteiger partial charge in [-0.1, -0.05) is 30.7 Å². The maximum Gasteiger partial charge on any atom is 0.162 e. The van der Waals surface area contributed by atoms with Crippen molar-refractivity contribution in [1.82, 2.24) is 0 Å². The van der Waals surface area contributed by atoms with Gasteiger partial charge in [0.2, 0.25) is 0 Å². The Morgan fingerprint density at radius 1 is 1.21 bits per heavy atom. The van der Waals surface area contributed by atoms with Crippen molar-refractivity contribution in [1.29, 1.82) is 5.26 Å². The first-order valence-electron chi connectivity index (χ1n) is 5.99. The van der Waals surface area contributed by atoms with Gasteiger partial charge < -0.3 is 0 Å². The van der Waals surface area contributed by atoms with E-state index in [1.54, 1.807) is 30.3 Å². The van der Waals surface area contributed by atoms with Gasteiger partial charge in [0.15, 0.2) is 5.78 Å². The van der Waals surface area contributed by atoms with E-state index in [4.69, 9.17) is 16.9 Å². The maximum absolute atomic E-state index is 11.7. The Morgan fingerprint density at radius 2 is 1.89 bits per heavy atom. The molecule has 2 rings (SSSR count). The van der Waals surface area contributed by atoms with E-state index in [-0.39, 0.29) is 5.78 Å². The molecular formula is C16H12ClNO. The summed E-state index contributed by atoms with van der Waals surface area (Å²) < 4.78 is 0. The van der Waals surface area contributed by atoms with Crippen molar-refractivity contribution in [2.45, 2.75) is 13.3 Å². The molecule has 0 unspecified atom stereocenters. The van der Waals surface area contributed by atoms with Crippen LogP contribution >= 0.6 is 11.6 Å². The highest BCUT2D eigenvalue weighted by Gasteiger charge is 2.09. The van der Waals surface area contributed by atoms with Crippen LogP contribution in [0.3, 0.4) is 0 Å². The Bertz CT molecular complexity index is 653. The zero-order valence-corrected chi connectivity index (χ0v) is 11.2. The number of benzene rings is 2. The molecule has 0 radical (unpaired) electrons. The second-order valence-electron chi connectivity index (χ2n) is 4.16. The van der Waals surface area contributed by atoms with E-state index in [0.717, 1.165) is 11.1 Å². The minimum atomic E-state index is 0.0894. The largest absolute Gasteiger partial charge is 0.294 e. The van der Waals surface area contributed by atoms with Gasteiger partial charge in [-0.05, 0) is 35.9 Å². The third-order valence-electron chi connectivity index (χ3n) is 2.93. The molecule has 0 spiro atoms. The zero-order chi connectivity index (χ0) is 13.8. The second-order valence-corrected chi connectivity index (χ2v) is 4.57. The molecule has 2 aromatic rings. The lowest BCUT2D eigenvalue weighted by Crippen LogP contribution is -1.96. The maximum atomic E-state index is 11.7.